The number of Topliss-reactive ketones (excluding diaryl/α,β-unsaturated/α-hetero) is 2. The van der Waals surface area contributed by atoms with Gasteiger partial charge in [0.05, 0.1) is 46.0 Å². The van der Waals surface area contributed by atoms with Crippen molar-refractivity contribution in [3.05, 3.63) is 278 Å². The van der Waals surface area contributed by atoms with E-state index >= 15 is 0 Å². The molecule has 8 aromatic carbocycles. The summed E-state index contributed by atoms with van der Waals surface area (Å²) in [5, 5.41) is 56.3. The number of carbonyl (C=O) groups is 7. The first kappa shape index (κ1) is 102. The van der Waals surface area contributed by atoms with E-state index in [4.69, 9.17) is 34.3 Å². The molecule has 0 radical (unpaired) electrons. The van der Waals surface area contributed by atoms with E-state index in [0.717, 1.165) is 93.5 Å². The number of carbonyl (C=O) groups excluding carboxylic acids is 5. The number of ketones is 2. The molecule has 8 N–H and O–H groups in total. The van der Waals surface area contributed by atoms with Crippen LogP contribution in [0.4, 0.5) is 38.0 Å². The van der Waals surface area contributed by atoms with Crippen LogP contribution in [-0.4, -0.2) is 88.7 Å². The van der Waals surface area contributed by atoms with Crippen LogP contribution in [-0.2, 0) is 78.5 Å². The van der Waals surface area contributed by atoms with Gasteiger partial charge in [0.2, 0.25) is 11.5 Å². The lowest BCUT2D eigenvalue weighted by Gasteiger charge is -2.29. The number of ether oxygens (including phenoxy) is 2. The van der Waals surface area contributed by atoms with Gasteiger partial charge in [-0.2, -0.15) is 10.1 Å². The van der Waals surface area contributed by atoms with Crippen LogP contribution in [0.1, 0.15) is 234 Å². The summed E-state index contributed by atoms with van der Waals surface area (Å²) in [6.07, 6.45) is 10.1. The lowest BCUT2D eigenvalue weighted by Crippen LogP contribution is -2.50. The van der Waals surface area contributed by atoms with Gasteiger partial charge in [-0.15, -0.1) is 27.2 Å². The molecule has 133 heavy (non-hydrogen) atoms. The normalized spacial score (nSPS) is 15.9. The van der Waals surface area contributed by atoms with Crippen LogP contribution < -0.4 is 26.7 Å². The first-order valence-corrected chi connectivity index (χ1v) is 46.0. The molecule has 0 fully saturated rings. The smallest absolute Gasteiger partial charge is 0.434 e. The Kier molecular flexibility index (Phi) is 31.0. The standard InChI is InChI=1S/C26H24N4O5.C21H32N2O4.C15H18N2O.C11H11BrO.C11H13Br.C11H9NO4.C9H7BrO.BrH/c1-14-22(24(32)30(29-14)17-8-7-15-12-26(2,3)13-16(15)11-17)28-27-19-6-4-5-18(23(19)31)20-9-10-21(35-20)25(33)34;1-19(2,3)26-17(24)22-23(18(25)27-20(4,5)6)16-10-9-14-12-21(7,8)13-15(14)11-16;1-10-6-14(18)17(16-10)13-5-4-11-8-15(2,3)9-12(11)7-13;1-11(2)6-7-3-4-8(12)5-9(7)10(11)13;1-11(2)6-8-3-4-10(12)5-9(8)7-11;12-7-3-1-2-6(10(7)13)8-4-5-9(16-8)11(14)15;10-7-3-1-6-2-4-9(11)8(6)5-7;/h4-11,29,31H,12-13H2,1-3H3,(H,33,34);9-11H,12-13H2,1-8H3,(H,22,24);4-5,7H,6,8-9H2,1-3H3;3-5H,6H2,1-2H3;3-5H,6-7H2,1-2H3;1-5,13H,12H2,(H,14,15);1,3,5H,2,4H2;1H. The van der Waals surface area contributed by atoms with Gasteiger partial charge in [-0.1, -0.05) is 166 Å². The highest BCUT2D eigenvalue weighted by atomic mass is 79.9. The van der Waals surface area contributed by atoms with E-state index in [2.05, 4.69) is 165 Å². The van der Waals surface area contributed by atoms with Crippen molar-refractivity contribution < 1.29 is 72.3 Å². The molecule has 3 amide bonds. The maximum absolute atomic E-state index is 13.1. The molecular formula is C104H115Br4N9O16. The van der Waals surface area contributed by atoms with E-state index in [9.17, 15) is 48.6 Å². The third-order valence-electron chi connectivity index (χ3n) is 23.0. The number of rotatable bonds is 9. The summed E-state index contributed by atoms with van der Waals surface area (Å²) < 4.78 is 25.7. The van der Waals surface area contributed by atoms with Gasteiger partial charge in [0.15, 0.2) is 23.0 Å². The highest BCUT2D eigenvalue weighted by molar-refractivity contribution is 9.11. The first-order chi connectivity index (χ1) is 61.7. The van der Waals surface area contributed by atoms with Crippen molar-refractivity contribution in [1.29, 1.82) is 0 Å². The number of aromatic nitrogens is 2. The Balaban J connectivity index is 0.000000155. The molecule has 29 heteroatoms. The van der Waals surface area contributed by atoms with Crippen molar-refractivity contribution in [2.45, 2.75) is 213 Å². The van der Waals surface area contributed by atoms with Crippen molar-refractivity contribution in [1.82, 2.24) is 15.2 Å². The number of hydrogen-bond acceptors (Lipinski definition) is 18. The number of nitrogens with one attached hydrogen (secondary N) is 2. The number of nitrogens with zero attached hydrogens (tertiary/aromatic N) is 6. The number of fused-ring (bicyclic) bond motifs is 6. The van der Waals surface area contributed by atoms with Gasteiger partial charge in [0.25, 0.3) is 11.5 Å². The topological polar surface area (TPSA) is 365 Å². The van der Waals surface area contributed by atoms with E-state index in [-0.39, 0.29) is 113 Å². The molecule has 0 bridgehead atoms. The molecule has 18 rings (SSSR count). The summed E-state index contributed by atoms with van der Waals surface area (Å²) in [5.74, 6) is -2.09. The van der Waals surface area contributed by atoms with Gasteiger partial charge in [-0.25, -0.2) is 34.3 Å². The van der Waals surface area contributed by atoms with Gasteiger partial charge < -0.3 is 44.5 Å². The second-order valence-electron chi connectivity index (χ2n) is 40.2. The van der Waals surface area contributed by atoms with Gasteiger partial charge in [0.1, 0.15) is 34.2 Å². The fraction of sp³-hybridized carbons (Fsp3) is 0.356. The molecule has 0 spiro atoms. The summed E-state index contributed by atoms with van der Waals surface area (Å²) in [7, 11) is 0. The van der Waals surface area contributed by atoms with Crippen LogP contribution in [0.2, 0.25) is 0 Å². The molecule has 7 aliphatic rings. The summed E-state index contributed by atoms with van der Waals surface area (Å²) in [5.41, 5.74) is 27.0. The monoisotopic (exact) mass is 2060 g/mol. The number of carboxylic acid groups (broad SMARTS) is 2. The number of H-pyrrole nitrogens is 1. The van der Waals surface area contributed by atoms with Crippen LogP contribution in [0.5, 0.6) is 11.5 Å². The van der Waals surface area contributed by atoms with Crippen LogP contribution in [0, 0.1) is 34.0 Å². The number of aromatic amines is 1. The Labute approximate surface area is 810 Å². The third-order valence-corrected chi connectivity index (χ3v) is 24.5. The minimum atomic E-state index is -1.21. The number of halogens is 4. The van der Waals surface area contributed by atoms with Crippen LogP contribution >= 0.6 is 64.8 Å². The van der Waals surface area contributed by atoms with Crippen molar-refractivity contribution in [2.75, 3.05) is 15.8 Å². The number of aryl methyl sites for hydroxylation is 2. The zero-order chi connectivity index (χ0) is 96.4. The molecular weight excluding hydrogens is 1950 g/mol. The molecule has 6 aliphatic carbocycles. The Bertz CT molecular complexity index is 6450. The summed E-state index contributed by atoms with van der Waals surface area (Å²) in [4.78, 5) is 94.7. The number of nitrogens with two attached hydrogens (primary N) is 1. The number of aromatic hydroxyl groups is 2. The first-order valence-electron chi connectivity index (χ1n) is 43.6. The lowest BCUT2D eigenvalue weighted by molar-refractivity contribution is -0.116. The predicted molar refractivity (Wildman–Crippen MR) is 533 cm³/mol. The Morgan fingerprint density at radius 3 is 1.47 bits per heavy atom. The number of benzene rings is 8. The molecule has 1 aliphatic heterocycles. The third kappa shape index (κ3) is 25.8. The molecule has 0 saturated carbocycles. The number of phenolic OH excluding ortho intramolecular Hbond substituents is 2. The van der Waals surface area contributed by atoms with E-state index in [1.54, 1.807) is 83.8 Å². The van der Waals surface area contributed by atoms with Gasteiger partial charge in [-0.05, 0) is 318 Å². The molecule has 3 aromatic heterocycles. The van der Waals surface area contributed by atoms with Crippen molar-refractivity contribution in [3.63, 3.8) is 0 Å². The van der Waals surface area contributed by atoms with Crippen LogP contribution in [0.25, 0.3) is 28.3 Å². The second-order valence-corrected chi connectivity index (χ2v) is 42.9. The van der Waals surface area contributed by atoms with Crippen LogP contribution in [0.15, 0.2) is 212 Å². The van der Waals surface area contributed by atoms with Crippen molar-refractivity contribution in [2.24, 2.45) is 42.4 Å². The van der Waals surface area contributed by atoms with Gasteiger partial charge in [0, 0.05) is 42.1 Å². The molecule has 4 heterocycles. The molecule has 0 unspecified atom stereocenters. The highest BCUT2D eigenvalue weighted by Crippen LogP contribution is 2.45. The molecule has 0 saturated heterocycles. The Hall–Kier alpha value is -11.8. The lowest BCUT2D eigenvalue weighted by atomic mass is 9.89. The largest absolute Gasteiger partial charge is 0.505 e. The molecule has 25 nitrogen and oxygen atoms in total. The Morgan fingerprint density at radius 2 is 0.955 bits per heavy atom. The maximum atomic E-state index is 13.1. The quantitative estimate of drug-likeness (QED) is 0.0305. The van der Waals surface area contributed by atoms with Gasteiger partial charge >= 0.3 is 24.1 Å². The summed E-state index contributed by atoms with van der Waals surface area (Å²) >= 11 is 10.2. The predicted octanol–water partition coefficient (Wildman–Crippen LogP) is 25.5. The average Bonchev–Trinajstić information content (AvgIpc) is 1.65. The minimum Gasteiger partial charge on any atom is -0.505 e. The van der Waals surface area contributed by atoms with E-state index in [1.807, 2.05) is 93.6 Å². The van der Waals surface area contributed by atoms with Gasteiger partial charge in [-0.3, -0.25) is 24.3 Å². The zero-order valence-corrected chi connectivity index (χ0v) is 84.6. The fourth-order valence-electron chi connectivity index (χ4n) is 17.2. The average molecular weight is 2070 g/mol. The SMILES string of the molecule is Br.CC1(C)Cc2ccc(Br)cc2C1.CC1(C)Cc2ccc(Br)cc2C1=O.CC1(C)Cc2ccc(N(NC(=O)OC(C)(C)C)C(=O)OC(C)(C)C)cc2C1.CC1=NN(c2ccc3c(c2)CC(C)(C)C3)C(=O)C1.Cc1[nH]n(-c2ccc3c(c2)CC(C)(C)C3)c(=O)c1N=Nc1cccc(-c2ccc(C(=O)O)o2)c1O.Nc1cccc(-c2ccc(C(=O)O)o2)c1O.O=C1CCc2ccc(Br)cc21. The number of carboxylic acids is 2. The van der Waals surface area contributed by atoms with E-state index in [1.165, 1.54) is 108 Å². The number of hydrazone groups is 1. The number of hydrazine groups is 1. The van der Waals surface area contributed by atoms with Crippen molar-refractivity contribution >= 4 is 141 Å². The maximum Gasteiger partial charge on any atom is 0.434 e. The fourth-order valence-corrected chi connectivity index (χ4v) is 18.3. The summed E-state index contributed by atoms with van der Waals surface area (Å²) in [6.45, 7) is 36.4. The molecule has 11 aromatic rings. The highest BCUT2D eigenvalue weighted by Gasteiger charge is 2.39. The number of nitrogen functional groups attached to an aromatic ring is 1. The number of furan rings is 2. The number of azo groups is 1. The number of hydrogen-bond donors (Lipinski definition) is 7. The second kappa shape index (κ2) is 40.6. The van der Waals surface area contributed by atoms with Crippen molar-refractivity contribution in [3.8, 4) is 39.8 Å². The number of phenols is 2. The molecule has 0 atom stereocenters. The number of anilines is 3. The number of aromatic carboxylic acids is 2. The summed E-state index contributed by atoms with van der Waals surface area (Å²) in [6, 6.07) is 51.6. The minimum absolute atomic E-state index is 0. The van der Waals surface area contributed by atoms with Crippen LogP contribution in [0.3, 0.4) is 0 Å². The Morgan fingerprint density at radius 1 is 0.504 bits per heavy atom. The number of amides is 3. The molecule has 700 valence electrons. The van der Waals surface area contributed by atoms with E-state index in [0.29, 0.717) is 40.6 Å². The zero-order valence-electron chi connectivity index (χ0n) is 78.1. The van der Waals surface area contributed by atoms with E-state index < -0.39 is 35.3 Å². The number of para-hydroxylation sites is 2.